The molecule has 0 aromatic heterocycles. The van der Waals surface area contributed by atoms with Gasteiger partial charge in [-0.2, -0.15) is 0 Å². The van der Waals surface area contributed by atoms with Crippen LogP contribution >= 0.6 is 0 Å². The van der Waals surface area contributed by atoms with Crippen molar-refractivity contribution in [2.75, 3.05) is 26.2 Å². The molecule has 2 rings (SSSR count). The van der Waals surface area contributed by atoms with Gasteiger partial charge in [0.1, 0.15) is 0 Å². The summed E-state index contributed by atoms with van der Waals surface area (Å²) < 4.78 is 6.23. The van der Waals surface area contributed by atoms with Gasteiger partial charge in [0.05, 0.1) is 12.2 Å². The zero-order valence-corrected chi connectivity index (χ0v) is 13.7. The van der Waals surface area contributed by atoms with Crippen LogP contribution in [-0.2, 0) is 4.74 Å². The van der Waals surface area contributed by atoms with E-state index in [0.29, 0.717) is 12.2 Å². The standard InChI is InChI=1S/C17H34N2O/c1-4-15-7-5-6-10-19(15)13-17-9-8-16(20-17)12-18-11-14(2)3/h14-18H,4-13H2,1-3H3. The van der Waals surface area contributed by atoms with Crippen molar-refractivity contribution in [1.82, 2.24) is 10.2 Å². The van der Waals surface area contributed by atoms with Crippen LogP contribution in [0, 0.1) is 5.92 Å². The lowest BCUT2D eigenvalue weighted by atomic mass is 9.99. The summed E-state index contributed by atoms with van der Waals surface area (Å²) in [6, 6.07) is 0.811. The normalized spacial score (nSPS) is 32.1. The molecule has 3 atom stereocenters. The SMILES string of the molecule is CCC1CCCCN1CC1CCC(CNCC(C)C)O1. The van der Waals surface area contributed by atoms with Crippen molar-refractivity contribution in [1.29, 1.82) is 0 Å². The summed E-state index contributed by atoms with van der Waals surface area (Å²) in [5.74, 6) is 0.728. The highest BCUT2D eigenvalue weighted by molar-refractivity contribution is 4.82. The van der Waals surface area contributed by atoms with Gasteiger partial charge < -0.3 is 10.1 Å². The van der Waals surface area contributed by atoms with Crippen LogP contribution in [0.5, 0.6) is 0 Å². The summed E-state index contributed by atoms with van der Waals surface area (Å²) in [7, 11) is 0. The molecule has 118 valence electrons. The van der Waals surface area contributed by atoms with Crippen LogP contribution in [0.25, 0.3) is 0 Å². The first-order valence-electron chi connectivity index (χ1n) is 8.79. The number of nitrogens with zero attached hydrogens (tertiary/aromatic N) is 1. The average molecular weight is 282 g/mol. The molecule has 2 fully saturated rings. The summed E-state index contributed by atoms with van der Waals surface area (Å²) in [5.41, 5.74) is 0. The van der Waals surface area contributed by atoms with Crippen LogP contribution in [0.2, 0.25) is 0 Å². The van der Waals surface area contributed by atoms with Crippen LogP contribution in [0.1, 0.15) is 59.3 Å². The van der Waals surface area contributed by atoms with Gasteiger partial charge in [0.15, 0.2) is 0 Å². The Morgan fingerprint density at radius 2 is 1.95 bits per heavy atom. The number of nitrogens with one attached hydrogen (secondary N) is 1. The van der Waals surface area contributed by atoms with E-state index in [2.05, 4.69) is 31.0 Å². The first kappa shape index (κ1) is 16.3. The van der Waals surface area contributed by atoms with Crippen molar-refractivity contribution in [3.05, 3.63) is 0 Å². The third-order valence-electron chi connectivity index (χ3n) is 4.78. The molecule has 2 aliphatic heterocycles. The molecule has 1 N–H and O–H groups in total. The fraction of sp³-hybridized carbons (Fsp3) is 1.00. The number of likely N-dealkylation sites (tertiary alicyclic amines) is 1. The number of hydrogen-bond acceptors (Lipinski definition) is 3. The maximum atomic E-state index is 6.23. The summed E-state index contributed by atoms with van der Waals surface area (Å²) in [6.45, 7) is 11.4. The van der Waals surface area contributed by atoms with Crippen molar-refractivity contribution in [2.24, 2.45) is 5.92 Å². The van der Waals surface area contributed by atoms with Crippen LogP contribution < -0.4 is 5.32 Å². The number of ether oxygens (including phenoxy) is 1. The van der Waals surface area contributed by atoms with Gasteiger partial charge >= 0.3 is 0 Å². The summed E-state index contributed by atoms with van der Waals surface area (Å²) in [4.78, 5) is 2.69. The zero-order chi connectivity index (χ0) is 14.4. The van der Waals surface area contributed by atoms with Gasteiger partial charge in [0.25, 0.3) is 0 Å². The van der Waals surface area contributed by atoms with Gasteiger partial charge in [-0.3, -0.25) is 4.90 Å². The number of hydrogen-bond donors (Lipinski definition) is 1. The molecule has 3 unspecified atom stereocenters. The Hall–Kier alpha value is -0.120. The Bertz CT molecular complexity index is 270. The molecule has 2 aliphatic rings. The maximum Gasteiger partial charge on any atom is 0.0707 e. The van der Waals surface area contributed by atoms with Crippen molar-refractivity contribution in [3.63, 3.8) is 0 Å². The van der Waals surface area contributed by atoms with Gasteiger partial charge in [0.2, 0.25) is 0 Å². The second-order valence-corrected chi connectivity index (χ2v) is 7.06. The Morgan fingerprint density at radius 1 is 1.15 bits per heavy atom. The molecule has 0 bridgehead atoms. The molecule has 3 heteroatoms. The molecule has 0 aromatic carbocycles. The average Bonchev–Trinajstić information content (AvgIpc) is 2.86. The summed E-state index contributed by atoms with van der Waals surface area (Å²) in [5, 5.41) is 3.53. The second-order valence-electron chi connectivity index (χ2n) is 7.06. The molecule has 2 saturated heterocycles. The van der Waals surface area contributed by atoms with E-state index in [1.165, 1.54) is 51.6 Å². The van der Waals surface area contributed by atoms with Crippen molar-refractivity contribution in [2.45, 2.75) is 77.5 Å². The van der Waals surface area contributed by atoms with Crippen LogP contribution in [0.3, 0.4) is 0 Å². The largest absolute Gasteiger partial charge is 0.372 e. The lowest BCUT2D eigenvalue weighted by Crippen LogP contribution is -2.43. The molecular weight excluding hydrogens is 248 g/mol. The fourth-order valence-electron chi connectivity index (χ4n) is 3.62. The van der Waals surface area contributed by atoms with Crippen molar-refractivity contribution < 1.29 is 4.74 Å². The number of piperidine rings is 1. The number of rotatable bonds is 7. The molecule has 2 heterocycles. The van der Waals surface area contributed by atoms with Gasteiger partial charge in [0, 0.05) is 19.1 Å². The predicted octanol–water partition coefficient (Wildman–Crippen LogP) is 3.04. The van der Waals surface area contributed by atoms with Gasteiger partial charge in [-0.25, -0.2) is 0 Å². The Labute approximate surface area is 125 Å². The second kappa shape index (κ2) is 8.35. The van der Waals surface area contributed by atoms with E-state index in [4.69, 9.17) is 4.74 Å². The maximum absolute atomic E-state index is 6.23. The van der Waals surface area contributed by atoms with Gasteiger partial charge in [-0.15, -0.1) is 0 Å². The molecule has 20 heavy (non-hydrogen) atoms. The lowest BCUT2D eigenvalue weighted by molar-refractivity contribution is 0.00679. The molecule has 0 aliphatic carbocycles. The van der Waals surface area contributed by atoms with Crippen LogP contribution in [0.15, 0.2) is 0 Å². The minimum absolute atomic E-state index is 0.448. The van der Waals surface area contributed by atoms with E-state index in [9.17, 15) is 0 Å². The van der Waals surface area contributed by atoms with Crippen LogP contribution in [0.4, 0.5) is 0 Å². The molecule has 0 radical (unpaired) electrons. The topological polar surface area (TPSA) is 24.5 Å². The Balaban J connectivity index is 1.67. The van der Waals surface area contributed by atoms with E-state index in [1.54, 1.807) is 0 Å². The Kier molecular flexibility index (Phi) is 6.79. The first-order valence-corrected chi connectivity index (χ1v) is 8.79. The minimum Gasteiger partial charge on any atom is -0.372 e. The van der Waals surface area contributed by atoms with Crippen molar-refractivity contribution >= 4 is 0 Å². The van der Waals surface area contributed by atoms with Crippen LogP contribution in [-0.4, -0.2) is 49.3 Å². The summed E-state index contributed by atoms with van der Waals surface area (Å²) in [6.07, 6.45) is 8.90. The molecule has 0 aromatic rings. The third-order valence-corrected chi connectivity index (χ3v) is 4.78. The fourth-order valence-corrected chi connectivity index (χ4v) is 3.62. The Morgan fingerprint density at radius 3 is 2.70 bits per heavy atom. The monoisotopic (exact) mass is 282 g/mol. The highest BCUT2D eigenvalue weighted by Crippen LogP contribution is 2.25. The highest BCUT2D eigenvalue weighted by Gasteiger charge is 2.29. The van der Waals surface area contributed by atoms with E-state index in [1.807, 2.05) is 0 Å². The smallest absolute Gasteiger partial charge is 0.0707 e. The van der Waals surface area contributed by atoms with Crippen molar-refractivity contribution in [3.8, 4) is 0 Å². The lowest BCUT2D eigenvalue weighted by Gasteiger charge is -2.36. The molecule has 0 spiro atoms. The zero-order valence-electron chi connectivity index (χ0n) is 13.7. The summed E-state index contributed by atoms with van der Waals surface area (Å²) >= 11 is 0. The van der Waals surface area contributed by atoms with E-state index < -0.39 is 0 Å². The molecule has 3 nitrogen and oxygen atoms in total. The minimum atomic E-state index is 0.448. The van der Waals surface area contributed by atoms with Gasteiger partial charge in [-0.05, 0) is 51.1 Å². The van der Waals surface area contributed by atoms with E-state index >= 15 is 0 Å². The van der Waals surface area contributed by atoms with E-state index in [0.717, 1.165) is 25.0 Å². The predicted molar refractivity (Wildman–Crippen MR) is 85.1 cm³/mol. The molecular formula is C17H34N2O. The van der Waals surface area contributed by atoms with Gasteiger partial charge in [-0.1, -0.05) is 27.2 Å². The highest BCUT2D eigenvalue weighted by atomic mass is 16.5. The molecule has 0 amide bonds. The first-order chi connectivity index (χ1) is 9.69. The third kappa shape index (κ3) is 5.01. The quantitative estimate of drug-likeness (QED) is 0.777. The molecule has 0 saturated carbocycles. The van der Waals surface area contributed by atoms with E-state index in [-0.39, 0.29) is 0 Å².